The third-order valence-corrected chi connectivity index (χ3v) is 2.79. The highest BCUT2D eigenvalue weighted by molar-refractivity contribution is 5.59. The summed E-state index contributed by atoms with van der Waals surface area (Å²) in [6.45, 7) is 2.19. The number of anilines is 2. The van der Waals surface area contributed by atoms with Crippen molar-refractivity contribution in [3.8, 4) is 0 Å². The zero-order valence-electron chi connectivity index (χ0n) is 10.5. The largest absolute Gasteiger partial charge is 0.355 e. The highest BCUT2D eigenvalue weighted by atomic mass is 19.1. The van der Waals surface area contributed by atoms with E-state index in [1.807, 2.05) is 12.1 Å². The molecule has 2 nitrogen and oxygen atoms in total. The van der Waals surface area contributed by atoms with Crippen LogP contribution in [0.2, 0.25) is 0 Å². The van der Waals surface area contributed by atoms with E-state index in [0.29, 0.717) is 5.69 Å². The minimum atomic E-state index is -0.473. The molecule has 0 aliphatic carbocycles. The Labute approximate surface area is 107 Å². The first-order valence-electron chi connectivity index (χ1n) is 6.25. The molecule has 0 spiro atoms. The van der Waals surface area contributed by atoms with Gasteiger partial charge in [0.25, 0.3) is 0 Å². The van der Waals surface area contributed by atoms with Crippen LogP contribution in [-0.2, 0) is 6.42 Å². The molecule has 0 saturated heterocycles. The average molecular weight is 244 g/mol. The van der Waals surface area contributed by atoms with Crippen molar-refractivity contribution < 1.29 is 4.39 Å². The Kier molecular flexibility index (Phi) is 4.29. The second kappa shape index (κ2) is 6.15. The van der Waals surface area contributed by atoms with Crippen molar-refractivity contribution in [2.75, 3.05) is 5.32 Å². The smallest absolute Gasteiger partial charge is 0.214 e. The van der Waals surface area contributed by atoms with E-state index in [0.717, 1.165) is 12.1 Å². The summed E-state index contributed by atoms with van der Waals surface area (Å²) in [4.78, 5) is 3.52. The number of pyridine rings is 1. The van der Waals surface area contributed by atoms with Gasteiger partial charge in [0.1, 0.15) is 0 Å². The number of aryl methyl sites for hydroxylation is 1. The van der Waals surface area contributed by atoms with Crippen LogP contribution in [0.4, 0.5) is 15.8 Å². The van der Waals surface area contributed by atoms with Crippen LogP contribution in [-0.4, -0.2) is 4.98 Å². The number of nitrogens with one attached hydrogen (secondary N) is 1. The number of aromatic nitrogens is 1. The minimum Gasteiger partial charge on any atom is -0.355 e. The van der Waals surface area contributed by atoms with Gasteiger partial charge in [-0.2, -0.15) is 4.39 Å². The molecule has 2 rings (SSSR count). The van der Waals surface area contributed by atoms with Crippen LogP contribution in [0.25, 0.3) is 0 Å². The van der Waals surface area contributed by atoms with E-state index in [9.17, 15) is 4.39 Å². The van der Waals surface area contributed by atoms with Crippen molar-refractivity contribution in [3.05, 3.63) is 54.1 Å². The lowest BCUT2D eigenvalue weighted by atomic mass is 10.1. The number of hydrogen-bond acceptors (Lipinski definition) is 2. The quantitative estimate of drug-likeness (QED) is 0.793. The molecule has 1 aromatic heterocycles. The molecular formula is C15H17FN2. The zero-order chi connectivity index (χ0) is 12.8. The van der Waals surface area contributed by atoms with Crippen LogP contribution in [0.3, 0.4) is 0 Å². The fourth-order valence-corrected chi connectivity index (χ4v) is 1.78. The number of hydrogen-bond donors (Lipinski definition) is 1. The highest BCUT2D eigenvalue weighted by Crippen LogP contribution is 2.17. The Morgan fingerprint density at radius 1 is 1.11 bits per heavy atom. The van der Waals surface area contributed by atoms with E-state index < -0.39 is 5.95 Å². The summed E-state index contributed by atoms with van der Waals surface area (Å²) in [6.07, 6.45) is 4.98. The number of halogens is 1. The van der Waals surface area contributed by atoms with E-state index in [1.165, 1.54) is 30.7 Å². The fraction of sp³-hybridized carbons (Fsp3) is 0.267. The van der Waals surface area contributed by atoms with Crippen LogP contribution < -0.4 is 5.32 Å². The molecule has 1 aromatic carbocycles. The van der Waals surface area contributed by atoms with Gasteiger partial charge < -0.3 is 5.32 Å². The molecule has 0 amide bonds. The molecule has 0 saturated carbocycles. The molecule has 0 bridgehead atoms. The molecular weight excluding hydrogens is 227 g/mol. The van der Waals surface area contributed by atoms with Crippen LogP contribution in [0.5, 0.6) is 0 Å². The average Bonchev–Trinajstić information content (AvgIpc) is 2.38. The Morgan fingerprint density at radius 3 is 2.56 bits per heavy atom. The molecule has 2 aromatic rings. The highest BCUT2D eigenvalue weighted by Gasteiger charge is 1.98. The molecule has 94 valence electrons. The SMILES string of the molecule is CCCCc1ccc(Nc2ccnc(F)c2)cc1. The van der Waals surface area contributed by atoms with E-state index in [4.69, 9.17) is 0 Å². The predicted molar refractivity (Wildman–Crippen MR) is 72.5 cm³/mol. The van der Waals surface area contributed by atoms with Crippen molar-refractivity contribution in [1.82, 2.24) is 4.98 Å². The molecule has 0 aliphatic heterocycles. The number of benzene rings is 1. The van der Waals surface area contributed by atoms with Crippen molar-refractivity contribution in [2.24, 2.45) is 0 Å². The normalized spacial score (nSPS) is 10.3. The van der Waals surface area contributed by atoms with Gasteiger partial charge in [0.15, 0.2) is 0 Å². The Hall–Kier alpha value is -1.90. The van der Waals surface area contributed by atoms with E-state index >= 15 is 0 Å². The van der Waals surface area contributed by atoms with Crippen molar-refractivity contribution in [2.45, 2.75) is 26.2 Å². The molecule has 1 N–H and O–H groups in total. The van der Waals surface area contributed by atoms with Gasteiger partial charge in [0, 0.05) is 23.6 Å². The Balaban J connectivity index is 2.02. The summed E-state index contributed by atoms with van der Waals surface area (Å²) in [6, 6.07) is 11.4. The number of nitrogens with zero attached hydrogens (tertiary/aromatic N) is 1. The minimum absolute atomic E-state index is 0.473. The third kappa shape index (κ3) is 3.55. The lowest BCUT2D eigenvalue weighted by Gasteiger charge is -2.07. The molecule has 0 aliphatic rings. The van der Waals surface area contributed by atoms with Gasteiger partial charge in [0.2, 0.25) is 5.95 Å². The lowest BCUT2D eigenvalue weighted by molar-refractivity contribution is 0.584. The first kappa shape index (κ1) is 12.6. The maximum atomic E-state index is 12.9. The second-order valence-corrected chi connectivity index (χ2v) is 4.29. The molecule has 0 fully saturated rings. The predicted octanol–water partition coefficient (Wildman–Crippen LogP) is 4.31. The summed E-state index contributed by atoms with van der Waals surface area (Å²) in [5, 5.41) is 3.15. The van der Waals surface area contributed by atoms with Crippen molar-refractivity contribution in [3.63, 3.8) is 0 Å². The summed E-state index contributed by atoms with van der Waals surface area (Å²) in [5.41, 5.74) is 3.01. The van der Waals surface area contributed by atoms with Gasteiger partial charge in [-0.25, -0.2) is 4.98 Å². The molecule has 1 heterocycles. The van der Waals surface area contributed by atoms with Gasteiger partial charge in [-0.3, -0.25) is 0 Å². The Morgan fingerprint density at radius 2 is 1.89 bits per heavy atom. The molecule has 0 radical (unpaired) electrons. The maximum absolute atomic E-state index is 12.9. The van der Waals surface area contributed by atoms with E-state index in [1.54, 1.807) is 6.07 Å². The van der Waals surface area contributed by atoms with Crippen LogP contribution >= 0.6 is 0 Å². The first-order chi connectivity index (χ1) is 8.78. The summed E-state index contributed by atoms with van der Waals surface area (Å²) < 4.78 is 12.9. The molecule has 0 unspecified atom stereocenters. The van der Waals surface area contributed by atoms with Crippen LogP contribution in [0.1, 0.15) is 25.3 Å². The standard InChI is InChI=1S/C15H17FN2/c1-2-3-4-12-5-7-13(8-6-12)18-14-9-10-17-15(16)11-14/h5-11H,2-4H2,1H3,(H,17,18). The van der Waals surface area contributed by atoms with Gasteiger partial charge in [0.05, 0.1) is 0 Å². The van der Waals surface area contributed by atoms with Crippen LogP contribution in [0, 0.1) is 5.95 Å². The second-order valence-electron chi connectivity index (χ2n) is 4.29. The number of rotatable bonds is 5. The lowest BCUT2D eigenvalue weighted by Crippen LogP contribution is -1.93. The van der Waals surface area contributed by atoms with Gasteiger partial charge >= 0.3 is 0 Å². The maximum Gasteiger partial charge on any atom is 0.214 e. The topological polar surface area (TPSA) is 24.9 Å². The van der Waals surface area contributed by atoms with Crippen molar-refractivity contribution >= 4 is 11.4 Å². The molecule has 3 heteroatoms. The summed E-state index contributed by atoms with van der Waals surface area (Å²) in [5.74, 6) is -0.473. The summed E-state index contributed by atoms with van der Waals surface area (Å²) >= 11 is 0. The zero-order valence-corrected chi connectivity index (χ0v) is 10.5. The first-order valence-corrected chi connectivity index (χ1v) is 6.25. The van der Waals surface area contributed by atoms with E-state index in [2.05, 4.69) is 29.4 Å². The monoisotopic (exact) mass is 244 g/mol. The van der Waals surface area contributed by atoms with E-state index in [-0.39, 0.29) is 0 Å². The fourth-order valence-electron chi connectivity index (χ4n) is 1.78. The van der Waals surface area contributed by atoms with Crippen molar-refractivity contribution in [1.29, 1.82) is 0 Å². The van der Waals surface area contributed by atoms with Gasteiger partial charge in [-0.05, 0) is 36.6 Å². The Bertz CT molecular complexity index is 494. The van der Waals surface area contributed by atoms with Gasteiger partial charge in [-0.1, -0.05) is 25.5 Å². The molecule has 0 atom stereocenters. The summed E-state index contributed by atoms with van der Waals surface area (Å²) in [7, 11) is 0. The van der Waals surface area contributed by atoms with Crippen LogP contribution in [0.15, 0.2) is 42.6 Å². The molecule has 18 heavy (non-hydrogen) atoms. The number of unbranched alkanes of at least 4 members (excludes halogenated alkanes) is 1. The van der Waals surface area contributed by atoms with Gasteiger partial charge in [-0.15, -0.1) is 0 Å². The third-order valence-electron chi connectivity index (χ3n) is 2.79.